The van der Waals surface area contributed by atoms with Crippen molar-refractivity contribution in [2.24, 2.45) is 0 Å². The Kier molecular flexibility index (Phi) is 6.94. The van der Waals surface area contributed by atoms with E-state index in [-0.39, 0.29) is 4.93 Å². The molecule has 0 radical (unpaired) electrons. The van der Waals surface area contributed by atoms with Gasteiger partial charge in [-0.3, -0.25) is 0 Å². The Morgan fingerprint density at radius 1 is 1.24 bits per heavy atom. The first-order valence-corrected chi connectivity index (χ1v) is 9.31. The predicted molar refractivity (Wildman–Crippen MR) is 95.4 cm³/mol. The van der Waals surface area contributed by atoms with Gasteiger partial charge < -0.3 is 4.74 Å². The highest BCUT2D eigenvalue weighted by molar-refractivity contribution is 8.00. The van der Waals surface area contributed by atoms with Crippen molar-refractivity contribution in [3.8, 4) is 0 Å². The minimum absolute atomic E-state index is 0.153. The average Bonchev–Trinajstić information content (AvgIpc) is 2.94. The van der Waals surface area contributed by atoms with Gasteiger partial charge in [0, 0.05) is 5.75 Å². The molecule has 1 aromatic rings. The zero-order valence-electron chi connectivity index (χ0n) is 12.4. The van der Waals surface area contributed by atoms with E-state index < -0.39 is 0 Å². The Labute approximate surface area is 142 Å². The van der Waals surface area contributed by atoms with Gasteiger partial charge in [-0.15, -0.1) is 11.8 Å². The van der Waals surface area contributed by atoms with Gasteiger partial charge in [-0.25, -0.2) is 0 Å². The first kappa shape index (κ1) is 17.2. The number of benzene rings is 1. The number of ether oxygens (including phenoxy) is 1. The van der Waals surface area contributed by atoms with E-state index in [1.807, 2.05) is 30.0 Å². The molecule has 0 spiro atoms. The molecular formula is C17H22Cl2OS. The van der Waals surface area contributed by atoms with Crippen molar-refractivity contribution in [3.63, 3.8) is 0 Å². The molecule has 0 amide bonds. The lowest BCUT2D eigenvalue weighted by atomic mass is 10.1. The Morgan fingerprint density at radius 3 is 2.76 bits per heavy atom. The lowest BCUT2D eigenvalue weighted by Gasteiger charge is -2.23. The van der Waals surface area contributed by atoms with Gasteiger partial charge in [-0.1, -0.05) is 61.5 Å². The first-order chi connectivity index (χ1) is 10.2. The van der Waals surface area contributed by atoms with Crippen LogP contribution in [0.4, 0.5) is 0 Å². The normalized spacial score (nSPS) is 22.2. The van der Waals surface area contributed by atoms with Gasteiger partial charge in [-0.05, 0) is 36.6 Å². The Balaban J connectivity index is 2.01. The van der Waals surface area contributed by atoms with Crippen molar-refractivity contribution in [2.75, 3.05) is 12.4 Å². The van der Waals surface area contributed by atoms with Crippen LogP contribution < -0.4 is 0 Å². The van der Waals surface area contributed by atoms with Crippen molar-refractivity contribution < 1.29 is 4.74 Å². The van der Waals surface area contributed by atoms with Crippen LogP contribution in [0.25, 0.3) is 6.08 Å². The number of hydrogen-bond acceptors (Lipinski definition) is 2. The van der Waals surface area contributed by atoms with Gasteiger partial charge in [0.2, 0.25) is 0 Å². The minimum atomic E-state index is -0.153. The lowest BCUT2D eigenvalue weighted by Crippen LogP contribution is -2.20. The molecule has 1 saturated heterocycles. The third-order valence-electron chi connectivity index (χ3n) is 3.63. The van der Waals surface area contributed by atoms with E-state index in [1.54, 1.807) is 0 Å². The topological polar surface area (TPSA) is 9.23 Å². The molecule has 1 aromatic carbocycles. The van der Waals surface area contributed by atoms with E-state index in [2.05, 4.69) is 19.1 Å². The summed E-state index contributed by atoms with van der Waals surface area (Å²) >= 11 is 13.9. The molecule has 21 heavy (non-hydrogen) atoms. The summed E-state index contributed by atoms with van der Waals surface area (Å²) in [5.74, 6) is 1.07. The van der Waals surface area contributed by atoms with Gasteiger partial charge in [0.25, 0.3) is 0 Å². The molecule has 0 bridgehead atoms. The quantitative estimate of drug-likeness (QED) is 0.526. The van der Waals surface area contributed by atoms with Gasteiger partial charge in [-0.2, -0.15) is 0 Å². The SMILES string of the molecule is CCCCCCC1(/C=C/c2ccc(Cl)c(Cl)c2)OCCS1. The predicted octanol–water partition coefficient (Wildman–Crippen LogP) is 6.44. The van der Waals surface area contributed by atoms with Crippen LogP contribution in [-0.2, 0) is 4.74 Å². The number of thioether (sulfide) groups is 1. The van der Waals surface area contributed by atoms with Gasteiger partial charge >= 0.3 is 0 Å². The number of halogens is 2. The number of unbranched alkanes of at least 4 members (excludes halogenated alkanes) is 3. The summed E-state index contributed by atoms with van der Waals surface area (Å²) in [6, 6.07) is 5.71. The second kappa shape index (κ2) is 8.47. The largest absolute Gasteiger partial charge is 0.360 e. The average molecular weight is 345 g/mol. The van der Waals surface area contributed by atoms with E-state index >= 15 is 0 Å². The summed E-state index contributed by atoms with van der Waals surface area (Å²) in [6.07, 6.45) is 10.4. The van der Waals surface area contributed by atoms with Crippen LogP contribution in [0.2, 0.25) is 10.0 Å². The molecule has 0 N–H and O–H groups in total. The summed E-state index contributed by atoms with van der Waals surface area (Å²) in [7, 11) is 0. The minimum Gasteiger partial charge on any atom is -0.360 e. The maximum absolute atomic E-state index is 6.06. The number of rotatable bonds is 7. The highest BCUT2D eigenvalue weighted by Crippen LogP contribution is 2.39. The van der Waals surface area contributed by atoms with Crippen LogP contribution in [0, 0.1) is 0 Å². The van der Waals surface area contributed by atoms with E-state index in [4.69, 9.17) is 27.9 Å². The first-order valence-electron chi connectivity index (χ1n) is 7.57. The third-order valence-corrected chi connectivity index (χ3v) is 5.68. The summed E-state index contributed by atoms with van der Waals surface area (Å²) in [4.78, 5) is -0.153. The maximum atomic E-state index is 6.06. The van der Waals surface area contributed by atoms with Crippen LogP contribution in [0.5, 0.6) is 0 Å². The molecule has 1 aliphatic rings. The molecule has 1 atom stereocenters. The summed E-state index contributed by atoms with van der Waals surface area (Å²) in [6.45, 7) is 3.07. The molecule has 1 fully saturated rings. The van der Waals surface area contributed by atoms with Crippen molar-refractivity contribution in [1.82, 2.24) is 0 Å². The highest BCUT2D eigenvalue weighted by Gasteiger charge is 2.32. The van der Waals surface area contributed by atoms with E-state index in [0.717, 1.165) is 24.3 Å². The van der Waals surface area contributed by atoms with Crippen LogP contribution >= 0.6 is 35.0 Å². The van der Waals surface area contributed by atoms with Crippen LogP contribution in [0.1, 0.15) is 44.6 Å². The summed E-state index contributed by atoms with van der Waals surface area (Å²) in [5.41, 5.74) is 1.06. The third kappa shape index (κ3) is 5.21. The van der Waals surface area contributed by atoms with Gasteiger partial charge in [0.05, 0.1) is 16.7 Å². The molecule has 0 saturated carbocycles. The van der Waals surface area contributed by atoms with Crippen LogP contribution in [0.15, 0.2) is 24.3 Å². The van der Waals surface area contributed by atoms with E-state index in [0.29, 0.717) is 10.0 Å². The molecule has 1 nitrogen and oxygen atoms in total. The fourth-order valence-corrected chi connectivity index (χ4v) is 3.87. The molecule has 1 aliphatic heterocycles. The standard InChI is InChI=1S/C17H22Cl2OS/c1-2-3-4-5-9-17(20-11-12-21-17)10-8-14-6-7-15(18)16(19)13-14/h6-8,10,13H,2-5,9,11-12H2,1H3/b10-8+. The van der Waals surface area contributed by atoms with Gasteiger partial charge in [0.1, 0.15) is 4.93 Å². The Bertz CT molecular complexity index is 482. The van der Waals surface area contributed by atoms with Crippen molar-refractivity contribution >= 4 is 41.0 Å². The fraction of sp³-hybridized carbons (Fsp3) is 0.529. The summed E-state index contributed by atoms with van der Waals surface area (Å²) < 4.78 is 6.01. The number of hydrogen-bond donors (Lipinski definition) is 0. The fourth-order valence-electron chi connectivity index (χ4n) is 2.43. The lowest BCUT2D eigenvalue weighted by molar-refractivity contribution is 0.0797. The second-order valence-corrected chi connectivity index (χ2v) is 7.53. The zero-order valence-corrected chi connectivity index (χ0v) is 14.7. The summed E-state index contributed by atoms with van der Waals surface area (Å²) in [5, 5.41) is 1.19. The zero-order chi connectivity index (χ0) is 15.1. The second-order valence-electron chi connectivity index (χ2n) is 5.33. The smallest absolute Gasteiger partial charge is 0.132 e. The van der Waals surface area contributed by atoms with Crippen molar-refractivity contribution in [3.05, 3.63) is 39.9 Å². The van der Waals surface area contributed by atoms with E-state index in [9.17, 15) is 0 Å². The molecule has 1 heterocycles. The van der Waals surface area contributed by atoms with Crippen molar-refractivity contribution in [1.29, 1.82) is 0 Å². The molecule has 2 rings (SSSR count). The molecule has 116 valence electrons. The Hall–Kier alpha value is -0.150. The Morgan fingerprint density at radius 2 is 2.10 bits per heavy atom. The highest BCUT2D eigenvalue weighted by atomic mass is 35.5. The maximum Gasteiger partial charge on any atom is 0.132 e. The van der Waals surface area contributed by atoms with Crippen LogP contribution in [0.3, 0.4) is 0 Å². The van der Waals surface area contributed by atoms with Gasteiger partial charge in [0.15, 0.2) is 0 Å². The molecule has 0 aliphatic carbocycles. The molecule has 0 aromatic heterocycles. The van der Waals surface area contributed by atoms with Crippen molar-refractivity contribution in [2.45, 2.75) is 44.0 Å². The van der Waals surface area contributed by atoms with E-state index in [1.165, 1.54) is 25.7 Å². The van der Waals surface area contributed by atoms with Crippen LogP contribution in [-0.4, -0.2) is 17.3 Å². The molecule has 1 unspecified atom stereocenters. The monoisotopic (exact) mass is 344 g/mol. The molecule has 4 heteroatoms. The molecular weight excluding hydrogens is 323 g/mol.